The molecule has 0 N–H and O–H groups in total. The third-order valence-electron chi connectivity index (χ3n) is 2.06. The second-order valence-corrected chi connectivity index (χ2v) is 3.58. The molecule has 0 unspecified atom stereocenters. The lowest BCUT2D eigenvalue weighted by molar-refractivity contribution is 0.609. The Morgan fingerprint density at radius 2 is 1.93 bits per heavy atom. The van der Waals surface area contributed by atoms with Gasteiger partial charge in [0.25, 0.3) is 0 Å². The van der Waals surface area contributed by atoms with E-state index in [1.165, 1.54) is 6.07 Å². The predicted molar refractivity (Wildman–Crippen MR) is 60.1 cm³/mol. The maximum atomic E-state index is 13.4. The molecule has 2 heterocycles. The summed E-state index contributed by atoms with van der Waals surface area (Å²) >= 11 is 3.18. The predicted octanol–water partition coefficient (Wildman–Crippen LogP) is 3.18. The molecule has 2 aromatic heterocycles. The van der Waals surface area contributed by atoms with E-state index < -0.39 is 0 Å². The second-order valence-electron chi connectivity index (χ2n) is 3.02. The molecule has 0 saturated carbocycles. The van der Waals surface area contributed by atoms with Crippen molar-refractivity contribution in [2.45, 2.75) is 5.33 Å². The molecule has 0 aliphatic carbocycles. The summed E-state index contributed by atoms with van der Waals surface area (Å²) in [4.78, 5) is 7.94. The van der Waals surface area contributed by atoms with Crippen molar-refractivity contribution in [3.8, 4) is 11.1 Å². The Kier molecular flexibility index (Phi) is 3.06. The molecule has 0 bridgehead atoms. The standard InChI is InChI=1S/C11H8BrFN2/c12-6-11-10(13)5-9(7-15-11)8-1-3-14-4-2-8/h1-5,7H,6H2. The highest BCUT2D eigenvalue weighted by Gasteiger charge is 2.04. The summed E-state index contributed by atoms with van der Waals surface area (Å²) < 4.78 is 13.4. The van der Waals surface area contributed by atoms with Gasteiger partial charge in [-0.2, -0.15) is 0 Å². The average Bonchev–Trinajstić information content (AvgIpc) is 2.30. The Balaban J connectivity index is 2.43. The van der Waals surface area contributed by atoms with Crippen molar-refractivity contribution in [3.63, 3.8) is 0 Å². The molecular weight excluding hydrogens is 259 g/mol. The summed E-state index contributed by atoms with van der Waals surface area (Å²) in [6, 6.07) is 5.13. The van der Waals surface area contributed by atoms with Crippen LogP contribution >= 0.6 is 15.9 Å². The van der Waals surface area contributed by atoms with E-state index >= 15 is 0 Å². The van der Waals surface area contributed by atoms with Crippen molar-refractivity contribution >= 4 is 15.9 Å². The van der Waals surface area contributed by atoms with Gasteiger partial charge < -0.3 is 0 Å². The van der Waals surface area contributed by atoms with E-state index in [1.54, 1.807) is 18.6 Å². The molecule has 0 fully saturated rings. The summed E-state index contributed by atoms with van der Waals surface area (Å²) in [6.07, 6.45) is 5.01. The highest BCUT2D eigenvalue weighted by Crippen LogP contribution is 2.20. The number of halogens is 2. The Labute approximate surface area is 95.3 Å². The van der Waals surface area contributed by atoms with Gasteiger partial charge in [0.1, 0.15) is 5.82 Å². The van der Waals surface area contributed by atoms with Crippen LogP contribution in [-0.4, -0.2) is 9.97 Å². The summed E-state index contributed by atoms with van der Waals surface area (Å²) in [5, 5.41) is 0.426. The van der Waals surface area contributed by atoms with Crippen LogP contribution in [0.15, 0.2) is 36.8 Å². The van der Waals surface area contributed by atoms with Crippen LogP contribution < -0.4 is 0 Å². The van der Waals surface area contributed by atoms with Crippen molar-refractivity contribution < 1.29 is 4.39 Å². The van der Waals surface area contributed by atoms with Crippen molar-refractivity contribution in [2.75, 3.05) is 0 Å². The smallest absolute Gasteiger partial charge is 0.146 e. The highest BCUT2D eigenvalue weighted by molar-refractivity contribution is 9.08. The van der Waals surface area contributed by atoms with Crippen molar-refractivity contribution in [2.24, 2.45) is 0 Å². The fraction of sp³-hybridized carbons (Fsp3) is 0.0909. The number of rotatable bonds is 2. The summed E-state index contributed by atoms with van der Waals surface area (Å²) in [5.74, 6) is -0.291. The van der Waals surface area contributed by atoms with Crippen molar-refractivity contribution in [3.05, 3.63) is 48.3 Å². The lowest BCUT2D eigenvalue weighted by Crippen LogP contribution is -1.92. The van der Waals surface area contributed by atoms with Crippen molar-refractivity contribution in [1.82, 2.24) is 9.97 Å². The number of aromatic nitrogens is 2. The minimum atomic E-state index is -0.291. The molecule has 0 aromatic carbocycles. The number of nitrogens with zero attached hydrogens (tertiary/aromatic N) is 2. The number of hydrogen-bond acceptors (Lipinski definition) is 2. The summed E-state index contributed by atoms with van der Waals surface area (Å²) in [5.41, 5.74) is 2.10. The molecule has 2 rings (SSSR count). The number of hydrogen-bond donors (Lipinski definition) is 0. The maximum Gasteiger partial charge on any atom is 0.146 e. The van der Waals surface area contributed by atoms with Gasteiger partial charge in [-0.15, -0.1) is 0 Å². The first-order chi connectivity index (χ1) is 7.31. The molecule has 4 heteroatoms. The van der Waals surface area contributed by atoms with E-state index in [1.807, 2.05) is 12.1 Å². The number of alkyl halides is 1. The van der Waals surface area contributed by atoms with Crippen LogP contribution in [0.25, 0.3) is 11.1 Å². The van der Waals surface area contributed by atoms with Gasteiger partial charge in [-0.25, -0.2) is 4.39 Å². The SMILES string of the molecule is Fc1cc(-c2ccncc2)cnc1CBr. The molecule has 0 radical (unpaired) electrons. The normalized spacial score (nSPS) is 10.3. The average molecular weight is 267 g/mol. The van der Waals surface area contributed by atoms with Gasteiger partial charge in [-0.1, -0.05) is 15.9 Å². The second kappa shape index (κ2) is 4.49. The van der Waals surface area contributed by atoms with Crippen molar-refractivity contribution in [1.29, 1.82) is 0 Å². The van der Waals surface area contributed by atoms with Crippen LogP contribution in [0.3, 0.4) is 0 Å². The van der Waals surface area contributed by atoms with Gasteiger partial charge >= 0.3 is 0 Å². The van der Waals surface area contributed by atoms with Gasteiger partial charge in [0, 0.05) is 29.5 Å². The molecular formula is C11H8BrFN2. The minimum Gasteiger partial charge on any atom is -0.265 e. The first kappa shape index (κ1) is 10.2. The van der Waals surface area contributed by atoms with Gasteiger partial charge in [-0.05, 0) is 23.8 Å². The molecule has 0 saturated heterocycles. The summed E-state index contributed by atoms with van der Waals surface area (Å²) in [7, 11) is 0. The summed E-state index contributed by atoms with van der Waals surface area (Å²) in [6.45, 7) is 0. The van der Waals surface area contributed by atoms with E-state index in [9.17, 15) is 4.39 Å². The molecule has 0 aliphatic rings. The van der Waals surface area contributed by atoms with Crippen LogP contribution in [0.1, 0.15) is 5.69 Å². The molecule has 76 valence electrons. The van der Waals surface area contributed by atoms with E-state index in [0.29, 0.717) is 11.0 Å². The Morgan fingerprint density at radius 3 is 2.53 bits per heavy atom. The molecule has 0 amide bonds. The zero-order valence-electron chi connectivity index (χ0n) is 7.82. The Morgan fingerprint density at radius 1 is 1.20 bits per heavy atom. The third kappa shape index (κ3) is 2.21. The van der Waals surface area contributed by atoms with E-state index in [0.717, 1.165) is 11.1 Å². The van der Waals surface area contributed by atoms with Gasteiger partial charge in [-0.3, -0.25) is 9.97 Å². The Hall–Kier alpha value is -1.29. The highest BCUT2D eigenvalue weighted by atomic mass is 79.9. The number of pyridine rings is 2. The van der Waals surface area contributed by atoms with Crippen LogP contribution in [0.5, 0.6) is 0 Å². The molecule has 15 heavy (non-hydrogen) atoms. The zero-order valence-corrected chi connectivity index (χ0v) is 9.41. The largest absolute Gasteiger partial charge is 0.265 e. The van der Waals surface area contributed by atoms with E-state index in [2.05, 4.69) is 25.9 Å². The maximum absolute atomic E-state index is 13.4. The van der Waals surface area contributed by atoms with E-state index in [4.69, 9.17) is 0 Å². The van der Waals surface area contributed by atoms with E-state index in [-0.39, 0.29) is 5.82 Å². The molecule has 0 atom stereocenters. The first-order valence-corrected chi connectivity index (χ1v) is 5.54. The fourth-order valence-corrected chi connectivity index (χ4v) is 1.68. The lowest BCUT2D eigenvalue weighted by atomic mass is 10.1. The zero-order chi connectivity index (χ0) is 10.7. The fourth-order valence-electron chi connectivity index (χ4n) is 1.27. The van der Waals surface area contributed by atoms with Gasteiger partial charge in [0.2, 0.25) is 0 Å². The lowest BCUT2D eigenvalue weighted by Gasteiger charge is -2.02. The van der Waals surface area contributed by atoms with Crippen LogP contribution in [0.2, 0.25) is 0 Å². The van der Waals surface area contributed by atoms with Gasteiger partial charge in [0.15, 0.2) is 0 Å². The molecule has 2 nitrogen and oxygen atoms in total. The topological polar surface area (TPSA) is 25.8 Å². The van der Waals surface area contributed by atoms with Gasteiger partial charge in [0.05, 0.1) is 5.69 Å². The van der Waals surface area contributed by atoms with Crippen LogP contribution in [0.4, 0.5) is 4.39 Å². The molecule has 2 aromatic rings. The Bertz CT molecular complexity index is 459. The van der Waals surface area contributed by atoms with Crippen LogP contribution in [0, 0.1) is 5.82 Å². The molecule has 0 aliphatic heterocycles. The quantitative estimate of drug-likeness (QED) is 0.781. The monoisotopic (exact) mass is 266 g/mol. The molecule has 0 spiro atoms. The third-order valence-corrected chi connectivity index (χ3v) is 2.59. The minimum absolute atomic E-state index is 0.291. The van der Waals surface area contributed by atoms with Crippen LogP contribution in [-0.2, 0) is 5.33 Å². The first-order valence-electron chi connectivity index (χ1n) is 4.42.